The molecule has 0 amide bonds. The number of nitrogens with one attached hydrogen (secondary N) is 1. The second-order valence-electron chi connectivity index (χ2n) is 2.87. The minimum absolute atomic E-state index is 0.128. The van der Waals surface area contributed by atoms with Gasteiger partial charge in [-0.1, -0.05) is 18.2 Å². The molecule has 7 nitrogen and oxygen atoms in total. The molecule has 0 saturated carbocycles. The summed E-state index contributed by atoms with van der Waals surface area (Å²) in [6.07, 6.45) is 0. The number of hydrogen-bond acceptors (Lipinski definition) is 5. The van der Waals surface area contributed by atoms with E-state index >= 15 is 0 Å². The maximum absolute atomic E-state index is 10.7. The summed E-state index contributed by atoms with van der Waals surface area (Å²) in [6.45, 7) is 0. The van der Waals surface area contributed by atoms with Crippen molar-refractivity contribution in [2.24, 2.45) is 0 Å². The van der Waals surface area contributed by atoms with Crippen LogP contribution < -0.4 is 5.32 Å². The molecule has 3 N–H and O–H groups in total. The minimum Gasteiger partial charge on any atom is -0.353 e. The Hall–Kier alpha value is -1.16. The van der Waals surface area contributed by atoms with Gasteiger partial charge in [-0.2, -0.15) is 16.8 Å². The molecule has 0 aliphatic heterocycles. The molecule has 0 unspecified atom stereocenters. The van der Waals surface area contributed by atoms with Crippen LogP contribution in [0.25, 0.3) is 0 Å². The molecule has 0 spiro atoms. The van der Waals surface area contributed by atoms with Gasteiger partial charge in [-0.25, -0.2) is 0 Å². The number of benzene rings is 1. The molecule has 1 rings (SSSR count). The SMILES string of the molecule is O=S(=O)(O)C(Nc1ccccc1)S(=O)(=O)O. The summed E-state index contributed by atoms with van der Waals surface area (Å²) >= 11 is 0. The summed E-state index contributed by atoms with van der Waals surface area (Å²) in [6, 6.07) is 7.43. The Bertz CT molecular complexity index is 518. The van der Waals surface area contributed by atoms with Crippen molar-refractivity contribution in [3.8, 4) is 0 Å². The maximum atomic E-state index is 10.7. The normalized spacial score (nSPS) is 12.7. The third kappa shape index (κ3) is 3.45. The molecule has 0 aromatic heterocycles. The van der Waals surface area contributed by atoms with Gasteiger partial charge in [0, 0.05) is 5.69 Å². The van der Waals surface area contributed by atoms with E-state index in [4.69, 9.17) is 9.11 Å². The molecular formula is C7H9NO6S2. The van der Waals surface area contributed by atoms with E-state index in [1.807, 2.05) is 5.32 Å². The van der Waals surface area contributed by atoms with Gasteiger partial charge in [0.2, 0.25) is 0 Å². The predicted molar refractivity (Wildman–Crippen MR) is 56.9 cm³/mol. The quantitative estimate of drug-likeness (QED) is 0.664. The van der Waals surface area contributed by atoms with E-state index in [9.17, 15) is 16.8 Å². The third-order valence-electron chi connectivity index (χ3n) is 1.60. The Morgan fingerprint density at radius 3 is 1.75 bits per heavy atom. The highest BCUT2D eigenvalue weighted by Crippen LogP contribution is 2.13. The topological polar surface area (TPSA) is 121 Å². The lowest BCUT2D eigenvalue weighted by Gasteiger charge is -2.13. The van der Waals surface area contributed by atoms with E-state index in [0.717, 1.165) is 0 Å². The summed E-state index contributed by atoms with van der Waals surface area (Å²) in [5.74, 6) is 0. The zero-order chi connectivity index (χ0) is 12.4. The molecule has 90 valence electrons. The zero-order valence-corrected chi connectivity index (χ0v) is 9.44. The van der Waals surface area contributed by atoms with E-state index in [0.29, 0.717) is 0 Å². The molecule has 0 atom stereocenters. The van der Waals surface area contributed by atoms with Gasteiger partial charge in [0.05, 0.1) is 0 Å². The van der Waals surface area contributed by atoms with E-state index in [2.05, 4.69) is 0 Å². The Labute approximate surface area is 92.6 Å². The average Bonchev–Trinajstić information content (AvgIpc) is 2.12. The van der Waals surface area contributed by atoms with Gasteiger partial charge in [-0.05, 0) is 12.1 Å². The van der Waals surface area contributed by atoms with Crippen LogP contribution in [0.3, 0.4) is 0 Å². The van der Waals surface area contributed by atoms with Crippen molar-refractivity contribution in [3.63, 3.8) is 0 Å². The molecule has 1 aromatic carbocycles. The zero-order valence-electron chi connectivity index (χ0n) is 7.81. The van der Waals surface area contributed by atoms with Crippen molar-refractivity contribution in [1.29, 1.82) is 0 Å². The van der Waals surface area contributed by atoms with Crippen molar-refractivity contribution in [2.75, 3.05) is 5.32 Å². The molecule has 0 aliphatic carbocycles. The van der Waals surface area contributed by atoms with Crippen molar-refractivity contribution in [3.05, 3.63) is 30.3 Å². The molecule has 1 aromatic rings. The number of para-hydroxylation sites is 1. The number of hydrogen-bond donors (Lipinski definition) is 3. The van der Waals surface area contributed by atoms with Crippen LogP contribution in [0.2, 0.25) is 0 Å². The van der Waals surface area contributed by atoms with Gasteiger partial charge in [0.25, 0.3) is 4.71 Å². The van der Waals surface area contributed by atoms with E-state index in [1.54, 1.807) is 6.07 Å². The predicted octanol–water partition coefficient (Wildman–Crippen LogP) is 0.158. The fourth-order valence-electron chi connectivity index (χ4n) is 0.973. The molecular weight excluding hydrogens is 258 g/mol. The summed E-state index contributed by atoms with van der Waals surface area (Å²) in [4.78, 5) is 0. The van der Waals surface area contributed by atoms with Crippen LogP contribution in [0, 0.1) is 0 Å². The summed E-state index contributed by atoms with van der Waals surface area (Å²) in [5.41, 5.74) is 0.128. The summed E-state index contributed by atoms with van der Waals surface area (Å²) in [7, 11) is -9.94. The standard InChI is InChI=1S/C7H9NO6S2/c9-15(10,11)7(16(12,13)14)8-6-4-2-1-3-5-6/h1-5,7-8H,(H,9,10,11)(H,12,13,14). The summed E-state index contributed by atoms with van der Waals surface area (Å²) in [5, 5.41) is 1.98. The summed E-state index contributed by atoms with van der Waals surface area (Å²) < 4.78 is 57.7. The highest BCUT2D eigenvalue weighted by Gasteiger charge is 2.35. The second-order valence-corrected chi connectivity index (χ2v) is 6.17. The first kappa shape index (κ1) is 12.9. The van der Waals surface area contributed by atoms with Crippen molar-refractivity contribution in [1.82, 2.24) is 0 Å². The largest absolute Gasteiger partial charge is 0.353 e. The average molecular weight is 267 g/mol. The minimum atomic E-state index is -4.97. The van der Waals surface area contributed by atoms with Crippen LogP contribution in [0.4, 0.5) is 5.69 Å². The maximum Gasteiger partial charge on any atom is 0.303 e. The molecule has 0 bridgehead atoms. The molecule has 0 heterocycles. The first-order valence-corrected chi connectivity index (χ1v) is 6.96. The number of rotatable bonds is 4. The molecule has 9 heteroatoms. The highest BCUT2D eigenvalue weighted by molar-refractivity contribution is 8.04. The fraction of sp³-hybridized carbons (Fsp3) is 0.143. The van der Waals surface area contributed by atoms with Crippen LogP contribution in [0.1, 0.15) is 0 Å². The molecule has 0 saturated heterocycles. The monoisotopic (exact) mass is 267 g/mol. The fourth-order valence-corrected chi connectivity index (χ4v) is 2.77. The van der Waals surface area contributed by atoms with Crippen molar-refractivity contribution in [2.45, 2.75) is 4.71 Å². The molecule has 0 fully saturated rings. The Morgan fingerprint density at radius 2 is 1.38 bits per heavy atom. The molecule has 0 aliphatic rings. The first-order chi connectivity index (χ1) is 7.21. The smallest absolute Gasteiger partial charge is 0.303 e. The van der Waals surface area contributed by atoms with E-state index in [1.165, 1.54) is 24.3 Å². The van der Waals surface area contributed by atoms with Gasteiger partial charge in [0.15, 0.2) is 0 Å². The lowest BCUT2D eigenvalue weighted by Crippen LogP contribution is -2.36. The highest BCUT2D eigenvalue weighted by atomic mass is 32.3. The van der Waals surface area contributed by atoms with Gasteiger partial charge in [0.1, 0.15) is 0 Å². The lowest BCUT2D eigenvalue weighted by molar-refractivity contribution is 0.459. The van der Waals surface area contributed by atoms with E-state index < -0.39 is 24.9 Å². The van der Waals surface area contributed by atoms with Gasteiger partial charge in [-0.15, -0.1) is 0 Å². The Morgan fingerprint density at radius 1 is 0.938 bits per heavy atom. The van der Waals surface area contributed by atoms with Crippen LogP contribution in [-0.4, -0.2) is 30.6 Å². The van der Waals surface area contributed by atoms with Crippen LogP contribution in [0.5, 0.6) is 0 Å². The van der Waals surface area contributed by atoms with Gasteiger partial charge >= 0.3 is 20.2 Å². The first-order valence-electron chi connectivity index (χ1n) is 3.95. The van der Waals surface area contributed by atoms with Crippen LogP contribution >= 0.6 is 0 Å². The van der Waals surface area contributed by atoms with Crippen molar-refractivity contribution >= 4 is 25.9 Å². The third-order valence-corrected chi connectivity index (χ3v) is 4.38. The molecule has 0 radical (unpaired) electrons. The van der Waals surface area contributed by atoms with Gasteiger partial charge < -0.3 is 5.32 Å². The van der Waals surface area contributed by atoms with Gasteiger partial charge in [-0.3, -0.25) is 9.11 Å². The van der Waals surface area contributed by atoms with Crippen LogP contribution in [0.15, 0.2) is 30.3 Å². The second kappa shape index (κ2) is 4.37. The van der Waals surface area contributed by atoms with E-state index in [-0.39, 0.29) is 5.69 Å². The number of anilines is 1. The Balaban J connectivity index is 3.08. The Kier molecular flexibility index (Phi) is 3.53. The van der Waals surface area contributed by atoms with Crippen molar-refractivity contribution < 1.29 is 25.9 Å². The van der Waals surface area contributed by atoms with Crippen LogP contribution in [-0.2, 0) is 20.2 Å². The molecule has 16 heavy (non-hydrogen) atoms. The lowest BCUT2D eigenvalue weighted by atomic mass is 10.3.